The molecule has 2 aromatic heterocycles. The molecule has 0 aliphatic rings. The van der Waals surface area contributed by atoms with Crippen LogP contribution in [0.4, 0.5) is 0 Å². The van der Waals surface area contributed by atoms with E-state index in [1.165, 1.54) is 16.7 Å². The Kier molecular flexibility index (Phi) is 4.58. The molecule has 1 N–H and O–H groups in total. The van der Waals surface area contributed by atoms with Gasteiger partial charge in [-0.2, -0.15) is 0 Å². The van der Waals surface area contributed by atoms with Gasteiger partial charge in [0.2, 0.25) is 10.0 Å². The van der Waals surface area contributed by atoms with Crippen LogP contribution in [0.5, 0.6) is 0 Å². The predicted molar refractivity (Wildman–Crippen MR) is 105 cm³/mol. The number of hydrogen-bond donors (Lipinski definition) is 1. The van der Waals surface area contributed by atoms with Crippen LogP contribution in [-0.2, 0) is 23.5 Å². The van der Waals surface area contributed by atoms with Gasteiger partial charge in [0.25, 0.3) is 0 Å². The molecule has 0 amide bonds. The first kappa shape index (κ1) is 17.9. The number of hydrogen-bond acceptors (Lipinski definition) is 6. The number of rotatable bonds is 6. The zero-order valence-corrected chi connectivity index (χ0v) is 16.1. The van der Waals surface area contributed by atoms with E-state index >= 15 is 0 Å². The molecule has 0 aliphatic carbocycles. The topological polar surface area (TPSA) is 94.2 Å². The van der Waals surface area contributed by atoms with Crippen molar-refractivity contribution in [3.63, 3.8) is 0 Å². The molecule has 2 aromatic carbocycles. The van der Waals surface area contributed by atoms with E-state index in [4.69, 9.17) is 4.42 Å². The van der Waals surface area contributed by atoms with Gasteiger partial charge < -0.3 is 4.42 Å². The molecule has 27 heavy (non-hydrogen) atoms. The summed E-state index contributed by atoms with van der Waals surface area (Å²) in [5.41, 5.74) is 1.77. The van der Waals surface area contributed by atoms with Crippen molar-refractivity contribution in [3.8, 4) is 0 Å². The molecule has 7 nitrogen and oxygen atoms in total. The first-order chi connectivity index (χ1) is 12.9. The average molecular weight is 403 g/mol. The number of thiazole rings is 1. The minimum Gasteiger partial charge on any atom is -0.408 e. The molecule has 0 spiro atoms. The number of nitrogens with zero attached hydrogens (tertiary/aromatic N) is 2. The summed E-state index contributed by atoms with van der Waals surface area (Å²) in [6, 6.07) is 12.3. The van der Waals surface area contributed by atoms with Crippen molar-refractivity contribution in [2.24, 2.45) is 7.05 Å². The number of sulfonamides is 1. The van der Waals surface area contributed by atoms with Crippen LogP contribution in [0.25, 0.3) is 21.3 Å². The maximum Gasteiger partial charge on any atom is 0.419 e. The molecular formula is C18H17N3O4S2. The lowest BCUT2D eigenvalue weighted by Gasteiger charge is -2.06. The van der Waals surface area contributed by atoms with E-state index in [2.05, 4.69) is 9.71 Å². The summed E-state index contributed by atoms with van der Waals surface area (Å²) >= 11 is 1.62. The highest BCUT2D eigenvalue weighted by Gasteiger charge is 2.16. The second kappa shape index (κ2) is 6.91. The number of nitrogens with one attached hydrogen (secondary N) is 1. The molecule has 0 aliphatic heterocycles. The second-order valence-corrected chi connectivity index (χ2v) is 9.02. The number of fused-ring (bicyclic) bond motifs is 2. The third-order valence-electron chi connectivity index (χ3n) is 4.27. The van der Waals surface area contributed by atoms with Crippen LogP contribution in [0, 0.1) is 0 Å². The van der Waals surface area contributed by atoms with Crippen molar-refractivity contribution < 1.29 is 12.8 Å². The molecule has 140 valence electrons. The molecular weight excluding hydrogens is 386 g/mol. The summed E-state index contributed by atoms with van der Waals surface area (Å²) in [5.74, 6) is -0.525. The fraction of sp³-hybridized carbons (Fsp3) is 0.222. The van der Waals surface area contributed by atoms with Gasteiger partial charge in [0.05, 0.1) is 25.6 Å². The molecule has 0 saturated heterocycles. The Hall–Kier alpha value is -2.49. The van der Waals surface area contributed by atoms with Gasteiger partial charge in [-0.3, -0.25) is 4.57 Å². The summed E-state index contributed by atoms with van der Waals surface area (Å²) in [6.07, 6.45) is 1.34. The third kappa shape index (κ3) is 3.53. The summed E-state index contributed by atoms with van der Waals surface area (Å²) in [6.45, 7) is 0.301. The normalized spacial score (nSPS) is 12.2. The lowest BCUT2D eigenvalue weighted by atomic mass is 10.3. The van der Waals surface area contributed by atoms with E-state index in [0.717, 1.165) is 15.2 Å². The van der Waals surface area contributed by atoms with Gasteiger partial charge in [-0.05, 0) is 30.7 Å². The first-order valence-corrected chi connectivity index (χ1v) is 10.7. The van der Waals surface area contributed by atoms with Crippen LogP contribution in [0.15, 0.2) is 56.6 Å². The van der Waals surface area contributed by atoms with Crippen LogP contribution in [0.1, 0.15) is 11.4 Å². The summed E-state index contributed by atoms with van der Waals surface area (Å²) in [5, 5.41) is 0.989. The molecule has 0 unspecified atom stereocenters. The Bertz CT molecular complexity index is 1250. The van der Waals surface area contributed by atoms with Crippen molar-refractivity contribution >= 4 is 42.7 Å². The highest BCUT2D eigenvalue weighted by molar-refractivity contribution is 7.89. The van der Waals surface area contributed by atoms with Gasteiger partial charge in [0.1, 0.15) is 0 Å². The number of aryl methyl sites for hydroxylation is 2. The Labute approximate surface area is 159 Å². The maximum atomic E-state index is 12.5. The Morgan fingerprint density at radius 3 is 2.85 bits per heavy atom. The molecule has 4 rings (SSSR count). The summed E-state index contributed by atoms with van der Waals surface area (Å²) in [4.78, 5) is 16.2. The van der Waals surface area contributed by atoms with Crippen molar-refractivity contribution in [2.75, 3.05) is 6.54 Å². The van der Waals surface area contributed by atoms with Gasteiger partial charge in [-0.1, -0.05) is 12.1 Å². The van der Waals surface area contributed by atoms with Crippen LogP contribution in [-0.4, -0.2) is 24.5 Å². The fourth-order valence-electron chi connectivity index (χ4n) is 2.84. The highest BCUT2D eigenvalue weighted by Crippen LogP contribution is 2.22. The van der Waals surface area contributed by atoms with Crippen molar-refractivity contribution in [1.29, 1.82) is 0 Å². The Morgan fingerprint density at radius 2 is 2.04 bits per heavy atom. The summed E-state index contributed by atoms with van der Waals surface area (Å²) < 4.78 is 35.0. The fourth-order valence-corrected chi connectivity index (χ4v) is 4.94. The molecule has 0 atom stereocenters. The van der Waals surface area contributed by atoms with Crippen LogP contribution >= 0.6 is 11.3 Å². The molecule has 2 heterocycles. The lowest BCUT2D eigenvalue weighted by Crippen LogP contribution is -2.25. The van der Waals surface area contributed by atoms with Crippen molar-refractivity contribution in [1.82, 2.24) is 14.3 Å². The number of oxazole rings is 1. The van der Waals surface area contributed by atoms with Crippen LogP contribution in [0.3, 0.4) is 0 Å². The molecule has 9 heteroatoms. The zero-order chi connectivity index (χ0) is 19.0. The lowest BCUT2D eigenvalue weighted by molar-refractivity contribution is 0.527. The molecule has 0 saturated carbocycles. The van der Waals surface area contributed by atoms with Crippen molar-refractivity contribution in [2.45, 2.75) is 17.7 Å². The third-order valence-corrected chi connectivity index (χ3v) is 6.83. The van der Waals surface area contributed by atoms with Crippen LogP contribution in [0.2, 0.25) is 0 Å². The van der Waals surface area contributed by atoms with Gasteiger partial charge in [0, 0.05) is 26.1 Å². The molecule has 4 aromatic rings. The number of para-hydroxylation sites is 1. The predicted octanol–water partition coefficient (Wildman–Crippen LogP) is 2.65. The standard InChI is InChI=1S/C18H17N3O4S2/c1-21-14-9-8-12(11-15(14)25-18(21)22)27(23,24)19-10-4-7-17-20-13-5-2-3-6-16(13)26-17/h2-3,5-6,8-9,11,19H,4,7,10H2,1H3. The number of aromatic nitrogens is 2. The summed E-state index contributed by atoms with van der Waals surface area (Å²) in [7, 11) is -2.10. The van der Waals surface area contributed by atoms with Gasteiger partial charge in [-0.25, -0.2) is 22.9 Å². The molecule has 0 fully saturated rings. The maximum absolute atomic E-state index is 12.5. The Balaban J connectivity index is 1.41. The van der Waals surface area contributed by atoms with Gasteiger partial charge in [0.15, 0.2) is 5.58 Å². The van der Waals surface area contributed by atoms with E-state index in [9.17, 15) is 13.2 Å². The van der Waals surface area contributed by atoms with Gasteiger partial charge >= 0.3 is 5.76 Å². The second-order valence-electron chi connectivity index (χ2n) is 6.13. The van der Waals surface area contributed by atoms with E-state index in [1.54, 1.807) is 24.5 Å². The molecule has 0 bridgehead atoms. The first-order valence-electron chi connectivity index (χ1n) is 8.38. The largest absolute Gasteiger partial charge is 0.419 e. The van der Waals surface area contributed by atoms with E-state index in [-0.39, 0.29) is 10.5 Å². The minimum absolute atomic E-state index is 0.0735. The smallest absolute Gasteiger partial charge is 0.408 e. The van der Waals surface area contributed by atoms with Crippen molar-refractivity contribution in [3.05, 3.63) is 58.0 Å². The molecule has 0 radical (unpaired) electrons. The van der Waals surface area contributed by atoms with E-state index in [1.807, 2.05) is 24.3 Å². The zero-order valence-electron chi connectivity index (χ0n) is 14.5. The monoisotopic (exact) mass is 403 g/mol. The van der Waals surface area contributed by atoms with E-state index in [0.29, 0.717) is 24.9 Å². The highest BCUT2D eigenvalue weighted by atomic mass is 32.2. The van der Waals surface area contributed by atoms with Crippen LogP contribution < -0.4 is 10.5 Å². The average Bonchev–Trinajstić information content (AvgIpc) is 3.19. The minimum atomic E-state index is -3.67. The SMILES string of the molecule is Cn1c(=O)oc2cc(S(=O)(=O)NCCCc3nc4ccccc4s3)ccc21. The van der Waals surface area contributed by atoms with E-state index < -0.39 is 15.8 Å². The number of benzene rings is 2. The van der Waals surface area contributed by atoms with Gasteiger partial charge in [-0.15, -0.1) is 11.3 Å². The quantitative estimate of drug-likeness (QED) is 0.500. The Morgan fingerprint density at radius 1 is 1.22 bits per heavy atom.